The molecular weight excluding hydrogens is 277 g/mol. The maximum Gasteiger partial charge on any atom is 0.417 e. The van der Waals surface area contributed by atoms with Gasteiger partial charge in [0, 0.05) is 30.9 Å². The van der Waals surface area contributed by atoms with Gasteiger partial charge in [-0.25, -0.2) is 0 Å². The van der Waals surface area contributed by atoms with E-state index < -0.39 is 11.7 Å². The van der Waals surface area contributed by atoms with Gasteiger partial charge in [0.15, 0.2) is 0 Å². The number of nitrogens with zero attached hydrogens (tertiary/aromatic N) is 1. The van der Waals surface area contributed by atoms with E-state index >= 15 is 0 Å². The van der Waals surface area contributed by atoms with Crippen LogP contribution in [0.15, 0.2) is 12.1 Å². The second kappa shape index (κ2) is 5.59. The molecule has 19 heavy (non-hydrogen) atoms. The Hall–Kier alpha value is -0.940. The van der Waals surface area contributed by atoms with Crippen LogP contribution in [0.25, 0.3) is 0 Å². The maximum atomic E-state index is 12.8. The molecule has 0 spiro atoms. The van der Waals surface area contributed by atoms with E-state index in [1.54, 1.807) is 0 Å². The fourth-order valence-corrected chi connectivity index (χ4v) is 2.80. The van der Waals surface area contributed by atoms with Crippen molar-refractivity contribution in [1.82, 2.24) is 0 Å². The standard InChI is InChI=1S/C13H16ClF3N2/c14-12-9(8-18)11(19-6-2-1-3-7-19)5-4-10(12)13(15,16)17/h4-5H,1-3,6-8,18H2. The lowest BCUT2D eigenvalue weighted by Gasteiger charge is -2.31. The average molecular weight is 293 g/mol. The number of alkyl halides is 3. The van der Waals surface area contributed by atoms with Gasteiger partial charge in [-0.15, -0.1) is 0 Å². The summed E-state index contributed by atoms with van der Waals surface area (Å²) in [7, 11) is 0. The molecular formula is C13H16ClF3N2. The Labute approximate surface area is 115 Å². The number of piperidine rings is 1. The van der Waals surface area contributed by atoms with Crippen LogP contribution >= 0.6 is 11.6 Å². The zero-order valence-electron chi connectivity index (χ0n) is 10.4. The van der Waals surface area contributed by atoms with E-state index in [4.69, 9.17) is 17.3 Å². The van der Waals surface area contributed by atoms with E-state index in [1.807, 2.05) is 0 Å². The molecule has 2 N–H and O–H groups in total. The van der Waals surface area contributed by atoms with E-state index in [1.165, 1.54) is 6.07 Å². The van der Waals surface area contributed by atoms with Gasteiger partial charge >= 0.3 is 6.18 Å². The molecule has 0 unspecified atom stereocenters. The third-order valence-electron chi connectivity index (χ3n) is 3.42. The lowest BCUT2D eigenvalue weighted by Crippen LogP contribution is -2.31. The topological polar surface area (TPSA) is 29.3 Å². The summed E-state index contributed by atoms with van der Waals surface area (Å²) in [6.45, 7) is 1.69. The number of hydrogen-bond donors (Lipinski definition) is 1. The molecule has 1 aliphatic heterocycles. The van der Waals surface area contributed by atoms with Gasteiger partial charge in [0.25, 0.3) is 0 Å². The number of hydrogen-bond acceptors (Lipinski definition) is 2. The normalized spacial score (nSPS) is 16.8. The van der Waals surface area contributed by atoms with Gasteiger partial charge in [0.2, 0.25) is 0 Å². The van der Waals surface area contributed by atoms with Crippen LogP contribution in [0.3, 0.4) is 0 Å². The number of benzene rings is 1. The van der Waals surface area contributed by atoms with Gasteiger partial charge in [-0.3, -0.25) is 0 Å². The molecule has 6 heteroatoms. The summed E-state index contributed by atoms with van der Waals surface area (Å²) in [6.07, 6.45) is -1.20. The molecule has 1 aliphatic rings. The summed E-state index contributed by atoms with van der Waals surface area (Å²) < 4.78 is 38.4. The van der Waals surface area contributed by atoms with Crippen molar-refractivity contribution >= 4 is 17.3 Å². The van der Waals surface area contributed by atoms with Crippen LogP contribution in [0.1, 0.15) is 30.4 Å². The Bertz CT molecular complexity index is 454. The third kappa shape index (κ3) is 2.98. The van der Waals surface area contributed by atoms with E-state index in [-0.39, 0.29) is 11.6 Å². The van der Waals surface area contributed by atoms with Crippen molar-refractivity contribution in [2.24, 2.45) is 5.73 Å². The fourth-order valence-electron chi connectivity index (χ4n) is 2.46. The summed E-state index contributed by atoms with van der Waals surface area (Å²) in [4.78, 5) is 2.07. The molecule has 1 fully saturated rings. The Morgan fingerprint density at radius 3 is 2.32 bits per heavy atom. The van der Waals surface area contributed by atoms with E-state index in [9.17, 15) is 13.2 Å². The summed E-state index contributed by atoms with van der Waals surface area (Å²) in [5.74, 6) is 0. The Kier molecular flexibility index (Phi) is 4.26. The van der Waals surface area contributed by atoms with E-state index in [2.05, 4.69) is 4.90 Å². The molecule has 1 aromatic carbocycles. The van der Waals surface area contributed by atoms with E-state index in [0.717, 1.165) is 44.1 Å². The molecule has 0 aromatic heterocycles. The largest absolute Gasteiger partial charge is 0.417 e. The summed E-state index contributed by atoms with van der Waals surface area (Å²) in [5.41, 5.74) is 5.91. The first-order valence-corrected chi connectivity index (χ1v) is 6.66. The average Bonchev–Trinajstić information content (AvgIpc) is 2.37. The summed E-state index contributed by atoms with van der Waals surface area (Å²) in [5, 5.41) is -0.266. The van der Waals surface area contributed by atoms with Crippen LogP contribution in [0.2, 0.25) is 5.02 Å². The van der Waals surface area contributed by atoms with Crippen molar-refractivity contribution < 1.29 is 13.2 Å². The first kappa shape index (κ1) is 14.5. The molecule has 0 radical (unpaired) electrons. The molecule has 0 saturated carbocycles. The predicted molar refractivity (Wildman–Crippen MR) is 70.4 cm³/mol. The zero-order valence-corrected chi connectivity index (χ0v) is 11.2. The first-order chi connectivity index (χ1) is 8.95. The van der Waals surface area contributed by atoms with Gasteiger partial charge in [-0.2, -0.15) is 13.2 Å². The number of anilines is 1. The van der Waals surface area contributed by atoms with Crippen molar-refractivity contribution in [3.63, 3.8) is 0 Å². The highest BCUT2D eigenvalue weighted by Crippen LogP contribution is 2.40. The molecule has 1 aromatic rings. The molecule has 106 valence electrons. The highest BCUT2D eigenvalue weighted by atomic mass is 35.5. The maximum absolute atomic E-state index is 12.8. The van der Waals surface area contributed by atoms with Gasteiger partial charge in [-0.05, 0) is 31.4 Å². The summed E-state index contributed by atoms with van der Waals surface area (Å²) in [6, 6.07) is 2.54. The lowest BCUT2D eigenvalue weighted by atomic mass is 10.0. The smallest absolute Gasteiger partial charge is 0.371 e. The quantitative estimate of drug-likeness (QED) is 0.898. The zero-order chi connectivity index (χ0) is 14.0. The first-order valence-electron chi connectivity index (χ1n) is 6.28. The fraction of sp³-hybridized carbons (Fsp3) is 0.538. The molecule has 0 amide bonds. The van der Waals surface area contributed by atoms with Crippen LogP contribution < -0.4 is 10.6 Å². The van der Waals surface area contributed by atoms with Crippen molar-refractivity contribution in [1.29, 1.82) is 0 Å². The van der Waals surface area contributed by atoms with Crippen LogP contribution in [0.4, 0.5) is 18.9 Å². The number of rotatable bonds is 2. The van der Waals surface area contributed by atoms with Crippen molar-refractivity contribution in [3.8, 4) is 0 Å². The second-order valence-electron chi connectivity index (χ2n) is 4.67. The van der Waals surface area contributed by atoms with Crippen molar-refractivity contribution in [3.05, 3.63) is 28.3 Å². The molecule has 1 heterocycles. The Morgan fingerprint density at radius 1 is 1.16 bits per heavy atom. The van der Waals surface area contributed by atoms with Crippen molar-refractivity contribution in [2.45, 2.75) is 32.0 Å². The van der Waals surface area contributed by atoms with Gasteiger partial charge in [0.05, 0.1) is 10.6 Å². The van der Waals surface area contributed by atoms with Crippen molar-refractivity contribution in [2.75, 3.05) is 18.0 Å². The Balaban J connectivity index is 2.43. The second-order valence-corrected chi connectivity index (χ2v) is 5.05. The Morgan fingerprint density at radius 2 is 1.79 bits per heavy atom. The van der Waals surface area contributed by atoms with Gasteiger partial charge in [0.1, 0.15) is 0 Å². The highest BCUT2D eigenvalue weighted by molar-refractivity contribution is 6.32. The van der Waals surface area contributed by atoms with Crippen LogP contribution in [-0.2, 0) is 12.7 Å². The highest BCUT2D eigenvalue weighted by Gasteiger charge is 2.34. The van der Waals surface area contributed by atoms with Crippen LogP contribution in [0, 0.1) is 0 Å². The monoisotopic (exact) mass is 292 g/mol. The molecule has 1 saturated heterocycles. The lowest BCUT2D eigenvalue weighted by molar-refractivity contribution is -0.137. The molecule has 0 bridgehead atoms. The minimum Gasteiger partial charge on any atom is -0.371 e. The number of halogens is 4. The number of nitrogens with two attached hydrogens (primary N) is 1. The molecule has 2 nitrogen and oxygen atoms in total. The molecule has 0 aliphatic carbocycles. The summed E-state index contributed by atoms with van der Waals surface area (Å²) >= 11 is 5.89. The molecule has 0 atom stereocenters. The minimum absolute atomic E-state index is 0.00852. The minimum atomic E-state index is -4.44. The molecule has 2 rings (SSSR count). The predicted octanol–water partition coefficient (Wildman–Crippen LogP) is 3.81. The van der Waals surface area contributed by atoms with Crippen LogP contribution in [-0.4, -0.2) is 13.1 Å². The van der Waals surface area contributed by atoms with Gasteiger partial charge in [-0.1, -0.05) is 11.6 Å². The SMILES string of the molecule is NCc1c(N2CCCCC2)ccc(C(F)(F)F)c1Cl. The van der Waals surface area contributed by atoms with Crippen LogP contribution in [0.5, 0.6) is 0 Å². The van der Waals surface area contributed by atoms with Gasteiger partial charge < -0.3 is 10.6 Å². The third-order valence-corrected chi connectivity index (χ3v) is 3.86. The van der Waals surface area contributed by atoms with E-state index in [0.29, 0.717) is 5.56 Å².